The van der Waals surface area contributed by atoms with Crippen LogP contribution in [0.15, 0.2) is 78.9 Å². The van der Waals surface area contributed by atoms with Crippen LogP contribution in [0, 0.1) is 10.1 Å². The maximum absolute atomic E-state index is 13.2. The van der Waals surface area contributed by atoms with Gasteiger partial charge in [-0.1, -0.05) is 72.3 Å². The molecule has 3 aromatic carbocycles. The fraction of sp³-hybridized carbons (Fsp3) is 0.240. The number of carbonyl (C=O) groups excluding carboxylic acids is 1. The SMILES string of the molecule is O=C(CC(c1ccccc1)c1ccccc1)N1CCN(c2ccc(Cl)cc2[N+](=O)[O-])CC1. The monoisotopic (exact) mass is 449 g/mol. The molecule has 1 aliphatic rings. The van der Waals surface area contributed by atoms with Gasteiger partial charge < -0.3 is 9.80 Å². The molecule has 6 nitrogen and oxygen atoms in total. The molecular weight excluding hydrogens is 426 g/mol. The van der Waals surface area contributed by atoms with Crippen LogP contribution in [0.3, 0.4) is 0 Å². The largest absolute Gasteiger partial charge is 0.362 e. The second-order valence-electron chi connectivity index (χ2n) is 7.84. The van der Waals surface area contributed by atoms with E-state index >= 15 is 0 Å². The molecule has 0 unspecified atom stereocenters. The number of piperazine rings is 1. The van der Waals surface area contributed by atoms with Crippen LogP contribution in [-0.4, -0.2) is 41.9 Å². The number of rotatable bonds is 6. The Morgan fingerprint density at radius 3 is 2.00 bits per heavy atom. The molecule has 0 saturated carbocycles. The van der Waals surface area contributed by atoms with E-state index in [2.05, 4.69) is 24.3 Å². The minimum Gasteiger partial charge on any atom is -0.362 e. The van der Waals surface area contributed by atoms with Crippen molar-refractivity contribution < 1.29 is 9.72 Å². The molecule has 0 aliphatic carbocycles. The Morgan fingerprint density at radius 1 is 0.906 bits per heavy atom. The standard InChI is InChI=1S/C25H24ClN3O3/c26-21-11-12-23(24(17-21)29(31)32)27-13-15-28(16-14-27)25(30)18-22(19-7-3-1-4-8-19)20-9-5-2-6-10-20/h1-12,17,22H,13-16,18H2. The Hall–Kier alpha value is -3.38. The van der Waals surface area contributed by atoms with E-state index in [0.717, 1.165) is 11.1 Å². The zero-order chi connectivity index (χ0) is 22.5. The van der Waals surface area contributed by atoms with E-state index in [9.17, 15) is 14.9 Å². The van der Waals surface area contributed by atoms with E-state index in [4.69, 9.17) is 11.6 Å². The first-order chi connectivity index (χ1) is 15.5. The quantitative estimate of drug-likeness (QED) is 0.387. The molecule has 0 bridgehead atoms. The summed E-state index contributed by atoms with van der Waals surface area (Å²) in [4.78, 5) is 28.0. The Morgan fingerprint density at radius 2 is 1.47 bits per heavy atom. The smallest absolute Gasteiger partial charge is 0.294 e. The minimum atomic E-state index is -0.414. The minimum absolute atomic E-state index is 0.00880. The van der Waals surface area contributed by atoms with Crippen LogP contribution in [0.1, 0.15) is 23.5 Å². The third-order valence-corrected chi connectivity index (χ3v) is 6.12. The van der Waals surface area contributed by atoms with Gasteiger partial charge >= 0.3 is 0 Å². The van der Waals surface area contributed by atoms with Gasteiger partial charge in [-0.05, 0) is 23.3 Å². The van der Waals surface area contributed by atoms with Crippen molar-refractivity contribution in [2.75, 3.05) is 31.1 Å². The average molecular weight is 450 g/mol. The van der Waals surface area contributed by atoms with E-state index in [0.29, 0.717) is 43.3 Å². The summed E-state index contributed by atoms with van der Waals surface area (Å²) in [5, 5.41) is 11.8. The Kier molecular flexibility index (Phi) is 6.71. The van der Waals surface area contributed by atoms with Gasteiger partial charge in [-0.3, -0.25) is 14.9 Å². The van der Waals surface area contributed by atoms with Crippen molar-refractivity contribution in [3.8, 4) is 0 Å². The zero-order valence-corrected chi connectivity index (χ0v) is 18.3. The second kappa shape index (κ2) is 9.83. The van der Waals surface area contributed by atoms with Gasteiger partial charge in [0.1, 0.15) is 5.69 Å². The number of nitrogens with zero attached hydrogens (tertiary/aromatic N) is 3. The first-order valence-corrected chi connectivity index (χ1v) is 11.0. The fourth-order valence-corrected chi connectivity index (χ4v) is 4.38. The third-order valence-electron chi connectivity index (χ3n) is 5.89. The van der Waals surface area contributed by atoms with E-state index in [1.165, 1.54) is 6.07 Å². The lowest BCUT2D eigenvalue weighted by atomic mass is 9.88. The summed E-state index contributed by atoms with van der Waals surface area (Å²) in [5.41, 5.74) is 2.76. The molecule has 164 valence electrons. The van der Waals surface area contributed by atoms with Crippen LogP contribution in [0.5, 0.6) is 0 Å². The number of hydrogen-bond donors (Lipinski definition) is 0. The first-order valence-electron chi connectivity index (χ1n) is 10.6. The lowest BCUT2D eigenvalue weighted by Gasteiger charge is -2.36. The molecule has 1 fully saturated rings. The normalized spacial score (nSPS) is 13.9. The maximum atomic E-state index is 13.2. The van der Waals surface area contributed by atoms with E-state index in [1.54, 1.807) is 12.1 Å². The summed E-state index contributed by atoms with van der Waals surface area (Å²) in [7, 11) is 0. The highest BCUT2D eigenvalue weighted by molar-refractivity contribution is 6.30. The van der Waals surface area contributed by atoms with Crippen molar-refractivity contribution >= 4 is 28.9 Å². The van der Waals surface area contributed by atoms with Gasteiger partial charge in [0, 0.05) is 49.6 Å². The third kappa shape index (κ3) is 4.92. The summed E-state index contributed by atoms with van der Waals surface area (Å²) < 4.78 is 0. The first kappa shape index (κ1) is 21.8. The average Bonchev–Trinajstić information content (AvgIpc) is 2.83. The lowest BCUT2D eigenvalue weighted by Crippen LogP contribution is -2.49. The van der Waals surface area contributed by atoms with Gasteiger partial charge in [0.25, 0.3) is 5.69 Å². The summed E-state index contributed by atoms with van der Waals surface area (Å²) in [6.45, 7) is 2.12. The van der Waals surface area contributed by atoms with Crippen molar-refractivity contribution in [1.29, 1.82) is 0 Å². The topological polar surface area (TPSA) is 66.7 Å². The van der Waals surface area contributed by atoms with Crippen molar-refractivity contribution in [1.82, 2.24) is 4.90 Å². The highest BCUT2D eigenvalue weighted by Crippen LogP contribution is 2.32. The number of nitro benzene ring substituents is 1. The molecule has 0 atom stereocenters. The van der Waals surface area contributed by atoms with Gasteiger partial charge in [0.05, 0.1) is 4.92 Å². The number of amides is 1. The second-order valence-corrected chi connectivity index (χ2v) is 8.27. The number of benzene rings is 3. The molecule has 1 amide bonds. The molecule has 4 rings (SSSR count). The number of nitro groups is 1. The van der Waals surface area contributed by atoms with Gasteiger partial charge in [-0.25, -0.2) is 0 Å². The molecule has 1 heterocycles. The van der Waals surface area contributed by atoms with Crippen LogP contribution >= 0.6 is 11.6 Å². The zero-order valence-electron chi connectivity index (χ0n) is 17.6. The van der Waals surface area contributed by atoms with Crippen molar-refractivity contribution in [3.63, 3.8) is 0 Å². The van der Waals surface area contributed by atoms with Crippen LogP contribution in [0.2, 0.25) is 5.02 Å². The van der Waals surface area contributed by atoms with Crippen LogP contribution in [0.25, 0.3) is 0 Å². The summed E-state index contributed by atoms with van der Waals surface area (Å²) in [5.74, 6) is 0.0771. The predicted molar refractivity (Wildman–Crippen MR) is 126 cm³/mol. The highest BCUT2D eigenvalue weighted by Gasteiger charge is 2.28. The molecule has 1 aliphatic heterocycles. The van der Waals surface area contributed by atoms with E-state index < -0.39 is 4.92 Å². The number of anilines is 1. The number of halogens is 1. The Bertz CT molecular complexity index is 1040. The van der Waals surface area contributed by atoms with Crippen LogP contribution < -0.4 is 4.90 Å². The van der Waals surface area contributed by atoms with Crippen LogP contribution in [-0.2, 0) is 4.79 Å². The molecule has 32 heavy (non-hydrogen) atoms. The lowest BCUT2D eigenvalue weighted by molar-refractivity contribution is -0.384. The summed E-state index contributed by atoms with van der Waals surface area (Å²) in [6.07, 6.45) is 0.384. The van der Waals surface area contributed by atoms with Gasteiger partial charge in [-0.15, -0.1) is 0 Å². The summed E-state index contributed by atoms with van der Waals surface area (Å²) >= 11 is 5.94. The van der Waals surface area contributed by atoms with Crippen LogP contribution in [0.4, 0.5) is 11.4 Å². The highest BCUT2D eigenvalue weighted by atomic mass is 35.5. The molecule has 1 saturated heterocycles. The molecule has 3 aromatic rings. The molecule has 0 aromatic heterocycles. The molecule has 0 radical (unpaired) electrons. The van der Waals surface area contributed by atoms with Crippen molar-refractivity contribution in [3.05, 3.63) is 105 Å². The Balaban J connectivity index is 1.46. The van der Waals surface area contributed by atoms with E-state index in [-0.39, 0.29) is 17.5 Å². The van der Waals surface area contributed by atoms with E-state index in [1.807, 2.05) is 46.2 Å². The fourth-order valence-electron chi connectivity index (χ4n) is 4.21. The van der Waals surface area contributed by atoms with Gasteiger partial charge in [0.15, 0.2) is 0 Å². The maximum Gasteiger partial charge on any atom is 0.294 e. The molecule has 0 spiro atoms. The molecular formula is C25H24ClN3O3. The summed E-state index contributed by atoms with van der Waals surface area (Å²) in [6, 6.07) is 24.9. The number of carbonyl (C=O) groups is 1. The van der Waals surface area contributed by atoms with Gasteiger partial charge in [0.2, 0.25) is 5.91 Å². The number of hydrogen-bond acceptors (Lipinski definition) is 4. The van der Waals surface area contributed by atoms with Crippen molar-refractivity contribution in [2.24, 2.45) is 0 Å². The predicted octanol–water partition coefficient (Wildman–Crippen LogP) is 5.12. The molecule has 7 heteroatoms. The Labute approximate surface area is 192 Å². The van der Waals surface area contributed by atoms with Gasteiger partial charge in [-0.2, -0.15) is 0 Å². The molecule has 0 N–H and O–H groups in total. The van der Waals surface area contributed by atoms with Crippen molar-refractivity contribution in [2.45, 2.75) is 12.3 Å².